The molecule has 0 fully saturated rings. The molecule has 4 nitrogen and oxygen atoms in total. The van der Waals surface area contributed by atoms with Gasteiger partial charge >= 0.3 is 6.18 Å². The Morgan fingerprint density at radius 2 is 1.80 bits per heavy atom. The molecule has 2 aromatic rings. The van der Waals surface area contributed by atoms with Crippen molar-refractivity contribution in [2.75, 3.05) is 10.6 Å². The van der Waals surface area contributed by atoms with E-state index < -0.39 is 11.9 Å². The highest BCUT2D eigenvalue weighted by molar-refractivity contribution is 5.56. The Kier molecular flexibility index (Phi) is 2.67. The summed E-state index contributed by atoms with van der Waals surface area (Å²) in [6.07, 6.45) is -4.41. The summed E-state index contributed by atoms with van der Waals surface area (Å²) in [4.78, 5) is 1.88. The van der Waals surface area contributed by atoms with Crippen LogP contribution in [0.15, 0.2) is 24.3 Å². The molecule has 2 heterocycles. The van der Waals surface area contributed by atoms with Crippen molar-refractivity contribution in [3.8, 4) is 0 Å². The highest BCUT2D eigenvalue weighted by Gasteiger charge is 2.41. The van der Waals surface area contributed by atoms with Crippen molar-refractivity contribution < 1.29 is 13.2 Å². The molecule has 2 N–H and O–H groups in total. The van der Waals surface area contributed by atoms with Crippen LogP contribution in [-0.2, 0) is 26.3 Å². The fourth-order valence-corrected chi connectivity index (χ4v) is 2.49. The first-order valence-corrected chi connectivity index (χ1v) is 6.08. The number of rotatable bonds is 1. The van der Waals surface area contributed by atoms with Gasteiger partial charge in [0.05, 0.1) is 12.2 Å². The van der Waals surface area contributed by atoms with Crippen LogP contribution in [0.4, 0.5) is 24.5 Å². The molecule has 20 heavy (non-hydrogen) atoms. The van der Waals surface area contributed by atoms with Gasteiger partial charge < -0.3 is 10.6 Å². The van der Waals surface area contributed by atoms with Crippen molar-refractivity contribution >= 4 is 11.4 Å². The molecule has 0 radical (unpaired) electrons. The first kappa shape index (κ1) is 12.8. The molecular weight excluding hydrogens is 269 g/mol. The molecule has 7 heteroatoms. The third-order valence-corrected chi connectivity index (χ3v) is 3.49. The van der Waals surface area contributed by atoms with Gasteiger partial charge in [0.1, 0.15) is 0 Å². The van der Waals surface area contributed by atoms with Gasteiger partial charge in [-0.05, 0) is 24.3 Å². The van der Waals surface area contributed by atoms with E-state index in [0.29, 0.717) is 17.9 Å². The minimum absolute atomic E-state index is 0.210. The van der Waals surface area contributed by atoms with Crippen molar-refractivity contribution in [3.63, 3.8) is 0 Å². The molecule has 0 atom stereocenters. The molecule has 0 saturated heterocycles. The lowest BCUT2D eigenvalue weighted by molar-refractivity contribution is -0.142. The number of fused-ring (bicyclic) bond motifs is 1. The zero-order valence-electron chi connectivity index (χ0n) is 10.8. The topological polar surface area (TPSA) is 47.1 Å². The summed E-state index contributed by atoms with van der Waals surface area (Å²) in [6.45, 7) is 0.626. The smallest absolute Gasteiger partial charge is 0.399 e. The summed E-state index contributed by atoms with van der Waals surface area (Å²) < 4.78 is 40.1. The van der Waals surface area contributed by atoms with Crippen LogP contribution in [0.25, 0.3) is 0 Å². The maximum absolute atomic E-state index is 12.9. The fraction of sp³-hybridized carbons (Fsp3) is 0.308. The average Bonchev–Trinajstić information content (AvgIpc) is 2.90. The number of hydrogen-bond donors (Lipinski definition) is 1. The maximum Gasteiger partial charge on any atom is 0.435 e. The van der Waals surface area contributed by atoms with E-state index in [4.69, 9.17) is 5.73 Å². The van der Waals surface area contributed by atoms with Crippen LogP contribution >= 0.6 is 0 Å². The van der Waals surface area contributed by atoms with Gasteiger partial charge in [-0.3, -0.25) is 4.68 Å². The second-order valence-electron chi connectivity index (χ2n) is 4.84. The van der Waals surface area contributed by atoms with Crippen molar-refractivity contribution in [1.82, 2.24) is 9.78 Å². The molecule has 0 saturated carbocycles. The van der Waals surface area contributed by atoms with Gasteiger partial charge in [0.15, 0.2) is 5.69 Å². The number of nitrogen functional groups attached to an aromatic ring is 1. The lowest BCUT2D eigenvalue weighted by atomic mass is 10.2. The number of nitrogens with zero attached hydrogens (tertiary/aromatic N) is 3. The zero-order chi connectivity index (χ0) is 14.5. The van der Waals surface area contributed by atoms with Gasteiger partial charge in [-0.25, -0.2) is 0 Å². The lowest BCUT2D eigenvalue weighted by Gasteiger charge is -2.18. The SMILES string of the molecule is Cn1nc(C(F)(F)F)c2c1CN(c1ccc(N)cc1)C2. The fourth-order valence-electron chi connectivity index (χ4n) is 2.49. The number of nitrogens with two attached hydrogens (primary N) is 1. The molecule has 0 unspecified atom stereocenters. The molecule has 0 amide bonds. The summed E-state index contributed by atoms with van der Waals surface area (Å²) in [5.41, 5.74) is 7.17. The first-order valence-electron chi connectivity index (χ1n) is 6.08. The van der Waals surface area contributed by atoms with Crippen molar-refractivity contribution in [2.24, 2.45) is 7.05 Å². The molecular formula is C13H13F3N4. The number of halogens is 3. The summed E-state index contributed by atoms with van der Waals surface area (Å²) in [5.74, 6) is 0. The minimum atomic E-state index is -4.41. The summed E-state index contributed by atoms with van der Waals surface area (Å²) >= 11 is 0. The number of anilines is 2. The van der Waals surface area contributed by atoms with Gasteiger partial charge in [-0.15, -0.1) is 0 Å². The maximum atomic E-state index is 12.9. The van der Waals surface area contributed by atoms with E-state index in [2.05, 4.69) is 5.10 Å². The first-order chi connectivity index (χ1) is 9.36. The molecule has 0 aliphatic carbocycles. The highest BCUT2D eigenvalue weighted by atomic mass is 19.4. The van der Waals surface area contributed by atoms with Crippen LogP contribution in [0.3, 0.4) is 0 Å². The van der Waals surface area contributed by atoms with E-state index in [9.17, 15) is 13.2 Å². The normalized spacial score (nSPS) is 14.7. The second kappa shape index (κ2) is 4.16. The van der Waals surface area contributed by atoms with E-state index in [-0.39, 0.29) is 12.1 Å². The van der Waals surface area contributed by atoms with Gasteiger partial charge in [0, 0.05) is 30.5 Å². The van der Waals surface area contributed by atoms with Crippen LogP contribution in [0.5, 0.6) is 0 Å². The Hall–Kier alpha value is -2.18. The Bertz CT molecular complexity index is 643. The Balaban J connectivity index is 1.94. The monoisotopic (exact) mass is 282 g/mol. The molecule has 1 aromatic carbocycles. The van der Waals surface area contributed by atoms with E-state index >= 15 is 0 Å². The summed E-state index contributed by atoms with van der Waals surface area (Å²) in [5, 5.41) is 3.59. The molecule has 3 rings (SSSR count). The van der Waals surface area contributed by atoms with E-state index in [1.165, 1.54) is 4.68 Å². The van der Waals surface area contributed by atoms with Gasteiger partial charge in [-0.1, -0.05) is 0 Å². The van der Waals surface area contributed by atoms with Crippen molar-refractivity contribution in [1.29, 1.82) is 0 Å². The lowest BCUT2D eigenvalue weighted by Crippen LogP contribution is -2.18. The second-order valence-corrected chi connectivity index (χ2v) is 4.84. The van der Waals surface area contributed by atoms with Crippen LogP contribution < -0.4 is 10.6 Å². The highest BCUT2D eigenvalue weighted by Crippen LogP contribution is 2.37. The number of alkyl halides is 3. The third-order valence-electron chi connectivity index (χ3n) is 3.49. The third kappa shape index (κ3) is 1.99. The number of aromatic nitrogens is 2. The zero-order valence-corrected chi connectivity index (χ0v) is 10.8. The summed E-state index contributed by atoms with van der Waals surface area (Å²) in [7, 11) is 1.54. The van der Waals surface area contributed by atoms with Crippen LogP contribution in [0.1, 0.15) is 17.0 Å². The van der Waals surface area contributed by atoms with Crippen molar-refractivity contribution in [2.45, 2.75) is 19.3 Å². The molecule has 106 valence electrons. The Morgan fingerprint density at radius 1 is 1.15 bits per heavy atom. The van der Waals surface area contributed by atoms with Gasteiger partial charge in [0.2, 0.25) is 0 Å². The van der Waals surface area contributed by atoms with Crippen LogP contribution in [0, 0.1) is 0 Å². The van der Waals surface area contributed by atoms with Crippen LogP contribution in [-0.4, -0.2) is 9.78 Å². The summed E-state index contributed by atoms with van der Waals surface area (Å²) in [6, 6.07) is 7.09. The van der Waals surface area contributed by atoms with E-state index in [1.807, 2.05) is 17.0 Å². The Morgan fingerprint density at radius 3 is 2.40 bits per heavy atom. The quantitative estimate of drug-likeness (QED) is 0.818. The molecule has 0 spiro atoms. The minimum Gasteiger partial charge on any atom is -0.399 e. The molecule has 1 aliphatic heterocycles. The number of aryl methyl sites for hydroxylation is 1. The molecule has 1 aromatic heterocycles. The average molecular weight is 282 g/mol. The number of benzene rings is 1. The Labute approximate surface area is 113 Å². The van der Waals surface area contributed by atoms with Gasteiger partial charge in [-0.2, -0.15) is 18.3 Å². The predicted octanol–water partition coefficient (Wildman–Crippen LogP) is 2.54. The standard InChI is InChI=1S/C13H13F3N4/c1-19-11-7-20(9-4-2-8(17)3-5-9)6-10(11)12(18-19)13(14,15)16/h2-5H,6-7,17H2,1H3. The largest absolute Gasteiger partial charge is 0.435 e. The molecule has 1 aliphatic rings. The predicted molar refractivity (Wildman–Crippen MR) is 69.0 cm³/mol. The van der Waals surface area contributed by atoms with Gasteiger partial charge in [0.25, 0.3) is 0 Å². The van der Waals surface area contributed by atoms with Crippen molar-refractivity contribution in [3.05, 3.63) is 41.2 Å². The molecule has 0 bridgehead atoms. The number of hydrogen-bond acceptors (Lipinski definition) is 3. The van der Waals surface area contributed by atoms with E-state index in [0.717, 1.165) is 5.69 Å². The van der Waals surface area contributed by atoms with Crippen LogP contribution in [0.2, 0.25) is 0 Å². The van der Waals surface area contributed by atoms with E-state index in [1.54, 1.807) is 19.2 Å².